The smallest absolute Gasteiger partial charge is 0.241 e. The molecular weight excluding hydrogens is 190 g/mol. The zero-order valence-electron chi connectivity index (χ0n) is 8.65. The van der Waals surface area contributed by atoms with Crippen molar-refractivity contribution >= 4 is 5.91 Å². The van der Waals surface area contributed by atoms with Gasteiger partial charge in [0.2, 0.25) is 5.91 Å². The molecule has 0 aromatic carbocycles. The highest BCUT2D eigenvalue weighted by atomic mass is 16.2. The molecule has 2 heterocycles. The van der Waals surface area contributed by atoms with Crippen molar-refractivity contribution in [1.29, 1.82) is 5.26 Å². The van der Waals surface area contributed by atoms with Gasteiger partial charge in [-0.1, -0.05) is 12.5 Å². The number of piperidine rings is 1. The maximum Gasteiger partial charge on any atom is 0.241 e. The van der Waals surface area contributed by atoms with Crippen molar-refractivity contribution in [3.63, 3.8) is 0 Å². The minimum absolute atomic E-state index is 0.0745. The Kier molecular flexibility index (Phi) is 3.02. The van der Waals surface area contributed by atoms with Crippen LogP contribution in [0.1, 0.15) is 19.3 Å². The van der Waals surface area contributed by atoms with E-state index in [0.717, 1.165) is 25.8 Å². The SMILES string of the molecule is N#C[C@@H]1C=CCN1C(=O)C1CCCCN1. The summed E-state index contributed by atoms with van der Waals surface area (Å²) in [6.07, 6.45) is 6.81. The molecule has 2 rings (SSSR count). The molecule has 0 aromatic heterocycles. The van der Waals surface area contributed by atoms with Crippen LogP contribution in [0.4, 0.5) is 0 Å². The number of nitrogens with one attached hydrogen (secondary N) is 1. The highest BCUT2D eigenvalue weighted by molar-refractivity contribution is 5.83. The summed E-state index contributed by atoms with van der Waals surface area (Å²) in [6.45, 7) is 1.49. The maximum atomic E-state index is 12.0. The molecule has 4 heteroatoms. The summed E-state index contributed by atoms with van der Waals surface area (Å²) >= 11 is 0. The summed E-state index contributed by atoms with van der Waals surface area (Å²) in [5, 5.41) is 12.1. The second-order valence-corrected chi connectivity index (χ2v) is 4.00. The summed E-state index contributed by atoms with van der Waals surface area (Å²) in [4.78, 5) is 13.7. The Labute approximate surface area is 89.6 Å². The second-order valence-electron chi connectivity index (χ2n) is 4.00. The average molecular weight is 205 g/mol. The van der Waals surface area contributed by atoms with Crippen LogP contribution in [0.15, 0.2) is 12.2 Å². The van der Waals surface area contributed by atoms with Crippen molar-refractivity contribution in [1.82, 2.24) is 10.2 Å². The van der Waals surface area contributed by atoms with E-state index in [1.807, 2.05) is 6.08 Å². The van der Waals surface area contributed by atoms with Crippen molar-refractivity contribution in [2.75, 3.05) is 13.1 Å². The monoisotopic (exact) mass is 205 g/mol. The van der Waals surface area contributed by atoms with Gasteiger partial charge in [0, 0.05) is 6.54 Å². The summed E-state index contributed by atoms with van der Waals surface area (Å²) in [5.74, 6) is 0.0752. The number of carbonyl (C=O) groups is 1. The van der Waals surface area contributed by atoms with Gasteiger partial charge in [-0.25, -0.2) is 0 Å². The topological polar surface area (TPSA) is 56.1 Å². The normalized spacial score (nSPS) is 30.2. The first-order valence-electron chi connectivity index (χ1n) is 5.43. The highest BCUT2D eigenvalue weighted by Crippen LogP contribution is 2.15. The van der Waals surface area contributed by atoms with E-state index >= 15 is 0 Å². The van der Waals surface area contributed by atoms with Crippen LogP contribution in [0.25, 0.3) is 0 Å². The Morgan fingerprint density at radius 1 is 1.53 bits per heavy atom. The van der Waals surface area contributed by atoms with Gasteiger partial charge in [0.15, 0.2) is 0 Å². The minimum Gasteiger partial charge on any atom is -0.318 e. The Hall–Kier alpha value is -1.34. The zero-order valence-corrected chi connectivity index (χ0v) is 8.65. The molecule has 1 fully saturated rings. The third kappa shape index (κ3) is 2.02. The first-order chi connectivity index (χ1) is 7.33. The van der Waals surface area contributed by atoms with Crippen LogP contribution in [-0.2, 0) is 4.79 Å². The van der Waals surface area contributed by atoms with Gasteiger partial charge in [0.1, 0.15) is 6.04 Å². The lowest BCUT2D eigenvalue weighted by molar-refractivity contribution is -0.133. The van der Waals surface area contributed by atoms with Gasteiger partial charge in [-0.3, -0.25) is 4.79 Å². The number of hydrogen-bond donors (Lipinski definition) is 1. The Morgan fingerprint density at radius 2 is 2.40 bits per heavy atom. The third-order valence-electron chi connectivity index (χ3n) is 2.98. The summed E-state index contributed by atoms with van der Waals surface area (Å²) in [6, 6.07) is 1.69. The fourth-order valence-electron chi connectivity index (χ4n) is 2.12. The van der Waals surface area contributed by atoms with E-state index in [4.69, 9.17) is 5.26 Å². The molecule has 0 bridgehead atoms. The Bertz CT molecular complexity index is 312. The average Bonchev–Trinajstić information content (AvgIpc) is 2.77. The van der Waals surface area contributed by atoms with Gasteiger partial charge in [-0.2, -0.15) is 5.26 Å². The number of carbonyl (C=O) groups excluding carboxylic acids is 1. The highest BCUT2D eigenvalue weighted by Gasteiger charge is 2.30. The molecule has 0 aliphatic carbocycles. The third-order valence-corrected chi connectivity index (χ3v) is 2.98. The summed E-state index contributed by atoms with van der Waals surface area (Å²) in [5.41, 5.74) is 0. The van der Waals surface area contributed by atoms with Gasteiger partial charge in [0.25, 0.3) is 0 Å². The molecule has 15 heavy (non-hydrogen) atoms. The molecule has 0 spiro atoms. The van der Waals surface area contributed by atoms with Crippen molar-refractivity contribution in [2.45, 2.75) is 31.3 Å². The number of rotatable bonds is 1. The lowest BCUT2D eigenvalue weighted by atomic mass is 10.0. The standard InChI is InChI=1S/C11H15N3O/c12-8-9-4-3-7-14(9)11(15)10-5-1-2-6-13-10/h3-4,9-10,13H,1-2,5-7H2/t9-,10?/m0/s1. The molecule has 1 unspecified atom stereocenters. The van der Waals surface area contributed by atoms with Crippen LogP contribution in [0.2, 0.25) is 0 Å². The Morgan fingerprint density at radius 3 is 3.07 bits per heavy atom. The minimum atomic E-state index is -0.360. The van der Waals surface area contributed by atoms with Crippen LogP contribution in [-0.4, -0.2) is 36.0 Å². The number of amides is 1. The molecule has 0 saturated carbocycles. The maximum absolute atomic E-state index is 12.0. The fourth-order valence-corrected chi connectivity index (χ4v) is 2.12. The van der Waals surface area contributed by atoms with E-state index in [1.165, 1.54) is 0 Å². The van der Waals surface area contributed by atoms with Crippen LogP contribution in [0.5, 0.6) is 0 Å². The molecule has 1 amide bonds. The van der Waals surface area contributed by atoms with E-state index in [0.29, 0.717) is 6.54 Å². The number of hydrogen-bond acceptors (Lipinski definition) is 3. The second kappa shape index (κ2) is 4.45. The Balaban J connectivity index is 1.98. The van der Waals surface area contributed by atoms with Crippen LogP contribution in [0, 0.1) is 11.3 Å². The van der Waals surface area contributed by atoms with E-state index in [9.17, 15) is 4.79 Å². The molecule has 0 aromatic rings. The van der Waals surface area contributed by atoms with Crippen LogP contribution < -0.4 is 5.32 Å². The van der Waals surface area contributed by atoms with Gasteiger partial charge >= 0.3 is 0 Å². The van der Waals surface area contributed by atoms with Crippen molar-refractivity contribution in [3.8, 4) is 6.07 Å². The van der Waals surface area contributed by atoms with Gasteiger partial charge < -0.3 is 10.2 Å². The van der Waals surface area contributed by atoms with Gasteiger partial charge in [-0.15, -0.1) is 0 Å². The van der Waals surface area contributed by atoms with Crippen LogP contribution >= 0.6 is 0 Å². The zero-order chi connectivity index (χ0) is 10.7. The van der Waals surface area contributed by atoms with Gasteiger partial charge in [0.05, 0.1) is 12.1 Å². The molecule has 0 radical (unpaired) electrons. The largest absolute Gasteiger partial charge is 0.318 e. The molecule has 4 nitrogen and oxygen atoms in total. The number of nitrogens with zero attached hydrogens (tertiary/aromatic N) is 2. The first-order valence-corrected chi connectivity index (χ1v) is 5.43. The number of nitriles is 1. The quantitative estimate of drug-likeness (QED) is 0.631. The van der Waals surface area contributed by atoms with Crippen LogP contribution in [0.3, 0.4) is 0 Å². The predicted molar refractivity (Wildman–Crippen MR) is 55.9 cm³/mol. The van der Waals surface area contributed by atoms with E-state index in [1.54, 1.807) is 11.0 Å². The fraction of sp³-hybridized carbons (Fsp3) is 0.636. The first kappa shape index (κ1) is 10.2. The van der Waals surface area contributed by atoms with Crippen molar-refractivity contribution in [2.24, 2.45) is 0 Å². The van der Waals surface area contributed by atoms with Gasteiger partial charge in [-0.05, 0) is 25.5 Å². The molecule has 1 N–H and O–H groups in total. The molecule has 2 atom stereocenters. The van der Waals surface area contributed by atoms with E-state index < -0.39 is 0 Å². The molecule has 2 aliphatic rings. The lowest BCUT2D eigenvalue weighted by Crippen LogP contribution is -2.50. The molecule has 1 saturated heterocycles. The molecule has 2 aliphatic heterocycles. The van der Waals surface area contributed by atoms with Crippen molar-refractivity contribution in [3.05, 3.63) is 12.2 Å². The summed E-state index contributed by atoms with van der Waals surface area (Å²) in [7, 11) is 0. The van der Waals surface area contributed by atoms with Crippen molar-refractivity contribution < 1.29 is 4.79 Å². The summed E-state index contributed by atoms with van der Waals surface area (Å²) < 4.78 is 0. The van der Waals surface area contributed by atoms with E-state index in [2.05, 4.69) is 11.4 Å². The molecule has 80 valence electrons. The lowest BCUT2D eigenvalue weighted by Gasteiger charge is -2.28. The predicted octanol–water partition coefficient (Wildman–Crippen LogP) is 0.419. The van der Waals surface area contributed by atoms with E-state index in [-0.39, 0.29) is 18.0 Å². The molecular formula is C11H15N3O.